The molecule has 0 saturated carbocycles. The van der Waals surface area contributed by atoms with Crippen LogP contribution >= 0.6 is 0 Å². The normalized spacial score (nSPS) is 15.1. The fourth-order valence-corrected chi connectivity index (χ4v) is 4.48. The third-order valence-corrected chi connectivity index (χ3v) is 6.62. The SMILES string of the molecule is COC(=O)c1ccc(-n2ncc3c(=O)n(CC4(O)CCN(C(=O)c5ccc(F)cc5)CC4)cnc32)cc1. The standard InChI is InChI=1S/C26H24FN5O5/c1-37-25(35)18-4-8-20(9-5-18)32-22-21(14-29-32)24(34)31(16-28-22)15-26(36)10-12-30(13-11-26)23(33)17-2-6-19(27)7-3-17/h2-9,14,16,36H,10-13,15H2,1H3. The molecular weight excluding hydrogens is 481 g/mol. The summed E-state index contributed by atoms with van der Waals surface area (Å²) in [6.07, 6.45) is 3.34. The lowest BCUT2D eigenvalue weighted by Gasteiger charge is -2.38. The number of rotatable bonds is 5. The Hall–Kier alpha value is -4.38. The molecule has 2 aromatic carbocycles. The van der Waals surface area contributed by atoms with E-state index in [1.54, 1.807) is 29.2 Å². The Kier molecular flexibility index (Phi) is 6.30. The number of likely N-dealkylation sites (tertiary alicyclic amines) is 1. The predicted octanol–water partition coefficient (Wildman–Crippen LogP) is 2.18. The van der Waals surface area contributed by atoms with E-state index >= 15 is 0 Å². The molecular formula is C26H24FN5O5. The summed E-state index contributed by atoms with van der Waals surface area (Å²) in [5, 5.41) is 15.7. The number of methoxy groups -OCH3 is 1. The second kappa shape index (κ2) is 9.58. The van der Waals surface area contributed by atoms with E-state index in [1.165, 1.54) is 53.1 Å². The number of carbonyl (C=O) groups excluding carboxylic acids is 2. The summed E-state index contributed by atoms with van der Waals surface area (Å²) in [6, 6.07) is 11.9. The lowest BCUT2D eigenvalue weighted by Crippen LogP contribution is -2.49. The molecule has 1 aliphatic rings. The predicted molar refractivity (Wildman–Crippen MR) is 131 cm³/mol. The van der Waals surface area contributed by atoms with Gasteiger partial charge in [0.25, 0.3) is 11.5 Å². The Labute approximate surface area is 210 Å². The van der Waals surface area contributed by atoms with E-state index in [0.717, 1.165) is 0 Å². The van der Waals surface area contributed by atoms with Crippen LogP contribution in [0.4, 0.5) is 4.39 Å². The Balaban J connectivity index is 1.31. The van der Waals surface area contributed by atoms with Crippen LogP contribution in [0.15, 0.2) is 65.8 Å². The number of esters is 1. The number of hydrogen-bond donors (Lipinski definition) is 1. The van der Waals surface area contributed by atoms with Crippen molar-refractivity contribution in [2.45, 2.75) is 25.0 Å². The quantitative estimate of drug-likeness (QED) is 0.413. The molecule has 0 bridgehead atoms. The fourth-order valence-electron chi connectivity index (χ4n) is 4.48. The number of benzene rings is 2. The molecule has 4 aromatic rings. The molecule has 0 radical (unpaired) electrons. The first-order valence-electron chi connectivity index (χ1n) is 11.7. The smallest absolute Gasteiger partial charge is 0.337 e. The number of nitrogens with zero attached hydrogens (tertiary/aromatic N) is 5. The van der Waals surface area contributed by atoms with Gasteiger partial charge in [-0.2, -0.15) is 5.10 Å². The van der Waals surface area contributed by atoms with Gasteiger partial charge in [0, 0.05) is 18.7 Å². The molecule has 1 N–H and O–H groups in total. The number of fused-ring (bicyclic) bond motifs is 1. The van der Waals surface area contributed by atoms with Gasteiger partial charge in [-0.3, -0.25) is 14.2 Å². The molecule has 1 amide bonds. The molecule has 2 aromatic heterocycles. The first kappa shape index (κ1) is 24.3. The van der Waals surface area contributed by atoms with Crippen molar-refractivity contribution in [2.75, 3.05) is 20.2 Å². The van der Waals surface area contributed by atoms with Crippen molar-refractivity contribution >= 4 is 22.9 Å². The minimum atomic E-state index is -1.20. The highest BCUT2D eigenvalue weighted by molar-refractivity contribution is 5.94. The molecule has 0 spiro atoms. The van der Waals surface area contributed by atoms with Gasteiger partial charge in [-0.1, -0.05) is 0 Å². The van der Waals surface area contributed by atoms with Crippen LogP contribution in [0.5, 0.6) is 0 Å². The summed E-state index contributed by atoms with van der Waals surface area (Å²) in [7, 11) is 1.31. The van der Waals surface area contributed by atoms with Crippen LogP contribution in [0, 0.1) is 5.82 Å². The number of halogens is 1. The third kappa shape index (κ3) is 4.73. The third-order valence-electron chi connectivity index (χ3n) is 6.62. The largest absolute Gasteiger partial charge is 0.465 e. The Morgan fingerprint density at radius 2 is 1.70 bits per heavy atom. The van der Waals surface area contributed by atoms with E-state index in [-0.39, 0.29) is 36.2 Å². The van der Waals surface area contributed by atoms with Gasteiger partial charge in [-0.25, -0.2) is 18.9 Å². The molecule has 10 nitrogen and oxygen atoms in total. The van der Waals surface area contributed by atoms with Crippen molar-refractivity contribution in [3.8, 4) is 5.69 Å². The van der Waals surface area contributed by atoms with Crippen molar-refractivity contribution in [2.24, 2.45) is 0 Å². The number of ether oxygens (including phenoxy) is 1. The van der Waals surface area contributed by atoms with Crippen LogP contribution in [-0.2, 0) is 11.3 Å². The molecule has 190 valence electrons. The average Bonchev–Trinajstić information content (AvgIpc) is 3.35. The highest BCUT2D eigenvalue weighted by atomic mass is 19.1. The Morgan fingerprint density at radius 1 is 1.05 bits per heavy atom. The van der Waals surface area contributed by atoms with Crippen LogP contribution in [0.25, 0.3) is 16.7 Å². The second-order valence-electron chi connectivity index (χ2n) is 9.03. The van der Waals surface area contributed by atoms with Gasteiger partial charge in [0.1, 0.15) is 17.5 Å². The zero-order valence-electron chi connectivity index (χ0n) is 20.0. The second-order valence-corrected chi connectivity index (χ2v) is 9.03. The summed E-state index contributed by atoms with van der Waals surface area (Å²) in [6.45, 7) is 0.625. The summed E-state index contributed by atoms with van der Waals surface area (Å²) in [5.41, 5.74) is 0.188. The van der Waals surface area contributed by atoms with E-state index in [0.29, 0.717) is 35.6 Å². The average molecular weight is 506 g/mol. The van der Waals surface area contributed by atoms with Gasteiger partial charge in [0.05, 0.1) is 36.7 Å². The molecule has 3 heterocycles. The van der Waals surface area contributed by atoms with Crippen molar-refractivity contribution in [1.29, 1.82) is 0 Å². The lowest BCUT2D eigenvalue weighted by atomic mass is 9.91. The van der Waals surface area contributed by atoms with Crippen LogP contribution in [0.3, 0.4) is 0 Å². The monoisotopic (exact) mass is 505 g/mol. The van der Waals surface area contributed by atoms with E-state index in [2.05, 4.69) is 10.1 Å². The van der Waals surface area contributed by atoms with Crippen LogP contribution in [0.1, 0.15) is 33.6 Å². The van der Waals surface area contributed by atoms with Gasteiger partial charge in [-0.15, -0.1) is 0 Å². The maximum absolute atomic E-state index is 13.2. The van der Waals surface area contributed by atoms with Crippen LogP contribution in [0.2, 0.25) is 0 Å². The maximum Gasteiger partial charge on any atom is 0.337 e. The lowest BCUT2D eigenvalue weighted by molar-refractivity contribution is -0.0299. The first-order valence-corrected chi connectivity index (χ1v) is 11.7. The maximum atomic E-state index is 13.2. The van der Waals surface area contributed by atoms with Gasteiger partial charge in [-0.05, 0) is 61.4 Å². The van der Waals surface area contributed by atoms with Crippen molar-refractivity contribution in [3.05, 3.63) is 88.4 Å². The Bertz CT molecular complexity index is 1520. The van der Waals surface area contributed by atoms with Gasteiger partial charge in [0.15, 0.2) is 5.65 Å². The highest BCUT2D eigenvalue weighted by Gasteiger charge is 2.35. The minimum absolute atomic E-state index is 0.0202. The number of aromatic nitrogens is 4. The zero-order chi connectivity index (χ0) is 26.2. The molecule has 0 aliphatic carbocycles. The minimum Gasteiger partial charge on any atom is -0.465 e. The van der Waals surface area contributed by atoms with Gasteiger partial charge in [0.2, 0.25) is 0 Å². The van der Waals surface area contributed by atoms with E-state index < -0.39 is 17.4 Å². The number of piperidine rings is 1. The molecule has 0 unspecified atom stereocenters. The van der Waals surface area contributed by atoms with Gasteiger partial charge >= 0.3 is 5.97 Å². The van der Waals surface area contributed by atoms with E-state index in [1.807, 2.05) is 0 Å². The van der Waals surface area contributed by atoms with Gasteiger partial charge < -0.3 is 14.7 Å². The number of carbonyl (C=O) groups is 2. The number of aliphatic hydroxyl groups is 1. The zero-order valence-corrected chi connectivity index (χ0v) is 20.0. The topological polar surface area (TPSA) is 120 Å². The molecule has 1 aliphatic heterocycles. The molecule has 5 rings (SSSR count). The highest BCUT2D eigenvalue weighted by Crippen LogP contribution is 2.25. The van der Waals surface area contributed by atoms with E-state index in [9.17, 15) is 23.9 Å². The van der Waals surface area contributed by atoms with Crippen molar-refractivity contribution < 1.29 is 23.8 Å². The summed E-state index contributed by atoms with van der Waals surface area (Å²) in [4.78, 5) is 43.5. The van der Waals surface area contributed by atoms with E-state index in [4.69, 9.17) is 4.74 Å². The Morgan fingerprint density at radius 3 is 2.35 bits per heavy atom. The first-order chi connectivity index (χ1) is 17.8. The van der Waals surface area contributed by atoms with Crippen LogP contribution in [-0.4, -0.2) is 67.0 Å². The van der Waals surface area contributed by atoms with Crippen LogP contribution < -0.4 is 5.56 Å². The molecule has 37 heavy (non-hydrogen) atoms. The molecule has 0 atom stereocenters. The van der Waals surface area contributed by atoms with Crippen molar-refractivity contribution in [1.82, 2.24) is 24.2 Å². The number of amides is 1. The summed E-state index contributed by atoms with van der Waals surface area (Å²) >= 11 is 0. The van der Waals surface area contributed by atoms with Crippen molar-refractivity contribution in [3.63, 3.8) is 0 Å². The molecule has 1 fully saturated rings. The molecule has 11 heteroatoms. The molecule has 1 saturated heterocycles. The summed E-state index contributed by atoms with van der Waals surface area (Å²) in [5.74, 6) is -1.10. The summed E-state index contributed by atoms with van der Waals surface area (Å²) < 4.78 is 20.7. The fraction of sp³-hybridized carbons (Fsp3) is 0.269. The number of hydrogen-bond acceptors (Lipinski definition) is 7.